The van der Waals surface area contributed by atoms with Crippen LogP contribution in [0.25, 0.3) is 10.8 Å². The number of benzene rings is 2. The summed E-state index contributed by atoms with van der Waals surface area (Å²) in [7, 11) is 0. The van der Waals surface area contributed by atoms with Gasteiger partial charge in [-0.25, -0.2) is 0 Å². The first-order valence-electron chi connectivity index (χ1n) is 3.76. The molecule has 12 heavy (non-hydrogen) atoms. The molecule has 0 spiro atoms. The standard InChI is InChI=1S/C11H7O/c12-8-9-5-6-10-3-1-2-4-11(10)7-9/h1-5,7-8H. The zero-order chi connectivity index (χ0) is 8.39. The highest BCUT2D eigenvalue weighted by atomic mass is 16.1. The van der Waals surface area contributed by atoms with Gasteiger partial charge in [0.15, 0.2) is 0 Å². The van der Waals surface area contributed by atoms with Crippen molar-refractivity contribution in [2.24, 2.45) is 0 Å². The van der Waals surface area contributed by atoms with Gasteiger partial charge < -0.3 is 0 Å². The number of rotatable bonds is 1. The molecule has 57 valence electrons. The monoisotopic (exact) mass is 155 g/mol. The molecular weight excluding hydrogens is 148 g/mol. The average molecular weight is 155 g/mol. The van der Waals surface area contributed by atoms with Crippen LogP contribution in [0, 0.1) is 6.07 Å². The smallest absolute Gasteiger partial charge is 0.150 e. The van der Waals surface area contributed by atoms with E-state index in [4.69, 9.17) is 0 Å². The van der Waals surface area contributed by atoms with E-state index >= 15 is 0 Å². The van der Waals surface area contributed by atoms with Gasteiger partial charge in [0.05, 0.1) is 0 Å². The van der Waals surface area contributed by atoms with Crippen LogP contribution in [0.3, 0.4) is 0 Å². The lowest BCUT2D eigenvalue weighted by Gasteiger charge is -1.95. The van der Waals surface area contributed by atoms with E-state index in [1.54, 1.807) is 6.07 Å². The van der Waals surface area contributed by atoms with Crippen molar-refractivity contribution >= 4 is 17.1 Å². The van der Waals surface area contributed by atoms with Crippen molar-refractivity contribution in [1.82, 2.24) is 0 Å². The molecule has 0 aromatic heterocycles. The summed E-state index contributed by atoms with van der Waals surface area (Å²) in [6, 6.07) is 14.5. The first-order valence-corrected chi connectivity index (χ1v) is 3.76. The molecule has 0 unspecified atom stereocenters. The van der Waals surface area contributed by atoms with Gasteiger partial charge in [-0.3, -0.25) is 4.79 Å². The molecule has 2 aromatic carbocycles. The maximum Gasteiger partial charge on any atom is 0.150 e. The number of aldehydes is 1. The third kappa shape index (κ3) is 1.10. The van der Waals surface area contributed by atoms with Crippen LogP contribution in [0.15, 0.2) is 36.4 Å². The van der Waals surface area contributed by atoms with Gasteiger partial charge in [0, 0.05) is 5.56 Å². The lowest BCUT2D eigenvalue weighted by Crippen LogP contribution is -1.79. The molecule has 0 fully saturated rings. The quantitative estimate of drug-likeness (QED) is 0.578. The van der Waals surface area contributed by atoms with E-state index in [0.717, 1.165) is 17.1 Å². The maximum atomic E-state index is 10.4. The first-order chi connectivity index (χ1) is 5.90. The van der Waals surface area contributed by atoms with Crippen molar-refractivity contribution in [1.29, 1.82) is 0 Å². The maximum absolute atomic E-state index is 10.4. The Morgan fingerprint density at radius 1 is 1.25 bits per heavy atom. The van der Waals surface area contributed by atoms with Gasteiger partial charge in [-0.05, 0) is 29.0 Å². The Morgan fingerprint density at radius 2 is 2.08 bits per heavy atom. The van der Waals surface area contributed by atoms with E-state index in [0.29, 0.717) is 5.56 Å². The summed E-state index contributed by atoms with van der Waals surface area (Å²) in [4.78, 5) is 10.4. The Bertz CT molecular complexity index is 418. The SMILES string of the molecule is O=Cc1c[c]c2ccccc2c1. The van der Waals surface area contributed by atoms with Gasteiger partial charge in [-0.2, -0.15) is 0 Å². The second kappa shape index (κ2) is 2.78. The van der Waals surface area contributed by atoms with Crippen LogP contribution < -0.4 is 0 Å². The Kier molecular flexibility index (Phi) is 1.63. The van der Waals surface area contributed by atoms with Crippen molar-refractivity contribution in [2.45, 2.75) is 0 Å². The molecule has 2 aromatic rings. The molecule has 1 nitrogen and oxygen atoms in total. The fourth-order valence-electron chi connectivity index (χ4n) is 1.20. The second-order valence-electron chi connectivity index (χ2n) is 2.64. The fraction of sp³-hybridized carbons (Fsp3) is 0. The predicted molar refractivity (Wildman–Crippen MR) is 48.2 cm³/mol. The summed E-state index contributed by atoms with van der Waals surface area (Å²) in [5, 5.41) is 2.10. The topological polar surface area (TPSA) is 17.1 Å². The minimum Gasteiger partial charge on any atom is -0.298 e. The minimum absolute atomic E-state index is 0.675. The molecule has 0 bridgehead atoms. The van der Waals surface area contributed by atoms with Crippen LogP contribution in [0.5, 0.6) is 0 Å². The highest BCUT2D eigenvalue weighted by molar-refractivity contribution is 5.88. The molecule has 0 heterocycles. The molecule has 0 aliphatic rings. The highest BCUT2D eigenvalue weighted by Gasteiger charge is 1.93. The predicted octanol–water partition coefficient (Wildman–Crippen LogP) is 2.45. The van der Waals surface area contributed by atoms with Crippen molar-refractivity contribution in [2.75, 3.05) is 0 Å². The van der Waals surface area contributed by atoms with Crippen molar-refractivity contribution in [3.05, 3.63) is 48.0 Å². The summed E-state index contributed by atoms with van der Waals surface area (Å²) < 4.78 is 0. The number of hydrogen-bond donors (Lipinski definition) is 0. The largest absolute Gasteiger partial charge is 0.298 e. The summed E-state index contributed by atoms with van der Waals surface area (Å²) in [5.74, 6) is 0. The third-order valence-electron chi connectivity index (χ3n) is 1.81. The van der Waals surface area contributed by atoms with Crippen LogP contribution in [0.1, 0.15) is 10.4 Å². The van der Waals surface area contributed by atoms with Crippen LogP contribution in [-0.2, 0) is 0 Å². The molecule has 0 atom stereocenters. The molecule has 0 saturated heterocycles. The Balaban J connectivity index is 2.75. The van der Waals surface area contributed by atoms with Gasteiger partial charge in [0.1, 0.15) is 6.29 Å². The Labute approximate surface area is 70.6 Å². The number of carbonyl (C=O) groups is 1. The van der Waals surface area contributed by atoms with E-state index in [9.17, 15) is 4.79 Å². The van der Waals surface area contributed by atoms with Crippen LogP contribution in [-0.4, -0.2) is 6.29 Å². The highest BCUT2D eigenvalue weighted by Crippen LogP contribution is 2.13. The van der Waals surface area contributed by atoms with Crippen molar-refractivity contribution < 1.29 is 4.79 Å². The molecule has 0 amide bonds. The van der Waals surface area contributed by atoms with E-state index in [1.807, 2.05) is 30.3 Å². The zero-order valence-electron chi connectivity index (χ0n) is 6.45. The molecule has 0 aliphatic heterocycles. The van der Waals surface area contributed by atoms with E-state index in [1.165, 1.54) is 0 Å². The summed E-state index contributed by atoms with van der Waals surface area (Å²) >= 11 is 0. The lowest BCUT2D eigenvalue weighted by molar-refractivity contribution is 0.112. The summed E-state index contributed by atoms with van der Waals surface area (Å²) in [5.41, 5.74) is 0.675. The molecule has 2 rings (SSSR count). The second-order valence-corrected chi connectivity index (χ2v) is 2.64. The van der Waals surface area contributed by atoms with Crippen LogP contribution >= 0.6 is 0 Å². The minimum atomic E-state index is 0.675. The molecule has 0 aliphatic carbocycles. The number of fused-ring (bicyclic) bond motifs is 1. The van der Waals surface area contributed by atoms with Gasteiger partial charge in [-0.15, -0.1) is 0 Å². The average Bonchev–Trinajstić information content (AvgIpc) is 2.17. The van der Waals surface area contributed by atoms with Gasteiger partial charge >= 0.3 is 0 Å². The molecule has 1 heteroatoms. The first kappa shape index (κ1) is 7.04. The van der Waals surface area contributed by atoms with Crippen molar-refractivity contribution in [3.8, 4) is 0 Å². The Morgan fingerprint density at radius 3 is 2.92 bits per heavy atom. The molecular formula is C11H7O. The van der Waals surface area contributed by atoms with E-state index in [2.05, 4.69) is 6.07 Å². The van der Waals surface area contributed by atoms with E-state index < -0.39 is 0 Å². The van der Waals surface area contributed by atoms with Crippen LogP contribution in [0.4, 0.5) is 0 Å². The molecule has 0 N–H and O–H groups in total. The van der Waals surface area contributed by atoms with Crippen LogP contribution in [0.2, 0.25) is 0 Å². The number of hydrogen-bond acceptors (Lipinski definition) is 1. The molecule has 1 radical (unpaired) electrons. The summed E-state index contributed by atoms with van der Waals surface area (Å²) in [6.07, 6.45) is 0.836. The Hall–Kier alpha value is -1.63. The zero-order valence-corrected chi connectivity index (χ0v) is 6.45. The van der Waals surface area contributed by atoms with E-state index in [-0.39, 0.29) is 0 Å². The third-order valence-corrected chi connectivity index (χ3v) is 1.81. The number of carbonyl (C=O) groups excluding carboxylic acids is 1. The summed E-state index contributed by atoms with van der Waals surface area (Å²) in [6.45, 7) is 0. The van der Waals surface area contributed by atoms with Crippen molar-refractivity contribution in [3.63, 3.8) is 0 Å². The van der Waals surface area contributed by atoms with Gasteiger partial charge in [-0.1, -0.05) is 24.3 Å². The molecule has 0 saturated carbocycles. The lowest BCUT2D eigenvalue weighted by atomic mass is 10.1. The van der Waals surface area contributed by atoms with Gasteiger partial charge in [0.25, 0.3) is 0 Å². The fourth-order valence-corrected chi connectivity index (χ4v) is 1.20. The normalized spacial score (nSPS) is 10.0. The van der Waals surface area contributed by atoms with Gasteiger partial charge in [0.2, 0.25) is 0 Å².